The summed E-state index contributed by atoms with van der Waals surface area (Å²) >= 11 is 0. The van der Waals surface area contributed by atoms with Crippen molar-refractivity contribution in [3.8, 4) is 0 Å². The first-order valence-electron chi connectivity index (χ1n) is 7.77. The van der Waals surface area contributed by atoms with Crippen LogP contribution in [0, 0.1) is 11.8 Å². The quantitative estimate of drug-likeness (QED) is 0.254. The van der Waals surface area contributed by atoms with E-state index in [1.807, 2.05) is 0 Å². The van der Waals surface area contributed by atoms with E-state index >= 15 is 0 Å². The molecule has 9 nitrogen and oxygen atoms in total. The Labute approximate surface area is 133 Å². The molecule has 0 aromatic rings. The smallest absolute Gasteiger partial charge is 0.109 e. The van der Waals surface area contributed by atoms with E-state index in [1.165, 1.54) is 0 Å². The number of aliphatic hydroxyl groups excluding tert-OH is 8. The van der Waals surface area contributed by atoms with Crippen LogP contribution >= 0.6 is 0 Å². The van der Waals surface area contributed by atoms with E-state index in [0.717, 1.165) is 0 Å². The molecular weight excluding hydrogens is 312 g/mol. The molecule has 2 aliphatic rings. The minimum absolute atomic E-state index is 0.0571. The van der Waals surface area contributed by atoms with E-state index in [9.17, 15) is 40.9 Å². The first kappa shape index (κ1) is 19.0. The number of ether oxygens (including phenoxy) is 1. The summed E-state index contributed by atoms with van der Waals surface area (Å²) in [5.74, 6) is -1.38. The van der Waals surface area contributed by atoms with Gasteiger partial charge in [-0.1, -0.05) is 0 Å². The van der Waals surface area contributed by atoms with Crippen molar-refractivity contribution in [2.24, 2.45) is 11.8 Å². The lowest BCUT2D eigenvalue weighted by atomic mass is 9.79. The highest BCUT2D eigenvalue weighted by Crippen LogP contribution is 2.33. The van der Waals surface area contributed by atoms with E-state index in [2.05, 4.69) is 0 Å². The van der Waals surface area contributed by atoms with Crippen molar-refractivity contribution in [3.63, 3.8) is 0 Å². The van der Waals surface area contributed by atoms with Crippen LogP contribution in [0.4, 0.5) is 0 Å². The summed E-state index contributed by atoms with van der Waals surface area (Å²) in [4.78, 5) is 0. The zero-order valence-corrected chi connectivity index (χ0v) is 12.6. The SMILES string of the molecule is OCC1C[C@@H](O[C@@H]2CC(CO)[C@H](O)[C@H](O)C2O)C(O)C(O)[C@H]1O. The van der Waals surface area contributed by atoms with E-state index < -0.39 is 73.9 Å². The molecule has 0 spiro atoms. The molecule has 0 aliphatic heterocycles. The molecule has 0 heterocycles. The summed E-state index contributed by atoms with van der Waals surface area (Å²) in [6, 6.07) is 0. The minimum atomic E-state index is -1.50. The number of rotatable bonds is 4. The van der Waals surface area contributed by atoms with Gasteiger partial charge in [0.1, 0.15) is 24.4 Å². The van der Waals surface area contributed by atoms with Crippen LogP contribution in [0.25, 0.3) is 0 Å². The van der Waals surface area contributed by atoms with Crippen LogP contribution in [0.1, 0.15) is 12.8 Å². The standard InChI is InChI=1S/C14H26O9/c15-3-5-1-7(11(19)13(21)9(5)17)23-8-2-6(4-16)10(18)14(22)12(8)20/h5-22H,1-4H2/t5?,6?,7-,8-,9+,10+,11?,12?,13+,14?/m1/s1. The lowest BCUT2D eigenvalue weighted by Crippen LogP contribution is -2.59. The molecule has 0 bridgehead atoms. The summed E-state index contributed by atoms with van der Waals surface area (Å²) in [5.41, 5.74) is 0. The second kappa shape index (κ2) is 7.68. The topological polar surface area (TPSA) is 171 Å². The molecule has 2 rings (SSSR count). The van der Waals surface area contributed by atoms with Crippen LogP contribution in [-0.4, -0.2) is 103 Å². The number of aliphatic hydroxyl groups is 8. The first-order valence-corrected chi connectivity index (χ1v) is 7.77. The summed E-state index contributed by atoms with van der Waals surface area (Å²) in [5, 5.41) is 77.7. The van der Waals surface area contributed by atoms with Crippen molar-refractivity contribution in [1.82, 2.24) is 0 Å². The van der Waals surface area contributed by atoms with Crippen LogP contribution in [0.5, 0.6) is 0 Å². The molecule has 5 unspecified atom stereocenters. The minimum Gasteiger partial charge on any atom is -0.396 e. The van der Waals surface area contributed by atoms with E-state index in [4.69, 9.17) is 4.74 Å². The third-order valence-corrected chi connectivity index (χ3v) is 5.02. The molecule has 23 heavy (non-hydrogen) atoms. The van der Waals surface area contributed by atoms with E-state index in [0.29, 0.717) is 0 Å². The fraction of sp³-hybridized carbons (Fsp3) is 1.00. The Hall–Kier alpha value is -0.360. The summed E-state index contributed by atoms with van der Waals surface area (Å²) in [6.45, 7) is -0.808. The molecule has 0 radical (unpaired) electrons. The summed E-state index contributed by atoms with van der Waals surface area (Å²) in [6.07, 6.45) is -10.2. The predicted molar refractivity (Wildman–Crippen MR) is 75.1 cm³/mol. The van der Waals surface area contributed by atoms with Gasteiger partial charge in [-0.05, 0) is 12.8 Å². The third-order valence-electron chi connectivity index (χ3n) is 5.02. The molecule has 0 amide bonds. The van der Waals surface area contributed by atoms with Crippen LogP contribution in [0.3, 0.4) is 0 Å². The van der Waals surface area contributed by atoms with Crippen molar-refractivity contribution in [2.75, 3.05) is 13.2 Å². The van der Waals surface area contributed by atoms with Crippen molar-refractivity contribution < 1.29 is 45.6 Å². The molecule has 8 N–H and O–H groups in total. The zero-order valence-electron chi connectivity index (χ0n) is 12.6. The maximum atomic E-state index is 10.0. The van der Waals surface area contributed by atoms with Crippen molar-refractivity contribution >= 4 is 0 Å². The molecule has 2 saturated carbocycles. The average molecular weight is 338 g/mol. The molecule has 2 fully saturated rings. The van der Waals surface area contributed by atoms with Crippen LogP contribution in [0.2, 0.25) is 0 Å². The van der Waals surface area contributed by atoms with Gasteiger partial charge in [0, 0.05) is 25.0 Å². The lowest BCUT2D eigenvalue weighted by Gasteiger charge is -2.45. The van der Waals surface area contributed by atoms with Crippen LogP contribution in [-0.2, 0) is 4.74 Å². The summed E-state index contributed by atoms with van der Waals surface area (Å²) in [7, 11) is 0. The van der Waals surface area contributed by atoms with Gasteiger partial charge in [0.05, 0.1) is 24.4 Å². The first-order chi connectivity index (χ1) is 10.8. The van der Waals surface area contributed by atoms with Gasteiger partial charge in [0.25, 0.3) is 0 Å². The van der Waals surface area contributed by atoms with Crippen molar-refractivity contribution in [2.45, 2.75) is 61.7 Å². The Balaban J connectivity index is 2.07. The van der Waals surface area contributed by atoms with Gasteiger partial charge in [0.2, 0.25) is 0 Å². The zero-order chi connectivity index (χ0) is 17.3. The second-order valence-electron chi connectivity index (χ2n) is 6.51. The fourth-order valence-electron chi connectivity index (χ4n) is 3.42. The highest BCUT2D eigenvalue weighted by Gasteiger charge is 2.48. The highest BCUT2D eigenvalue weighted by atomic mass is 16.5. The second-order valence-corrected chi connectivity index (χ2v) is 6.51. The largest absolute Gasteiger partial charge is 0.396 e. The fourth-order valence-corrected chi connectivity index (χ4v) is 3.42. The number of hydrogen-bond acceptors (Lipinski definition) is 9. The van der Waals surface area contributed by atoms with Crippen molar-refractivity contribution in [1.29, 1.82) is 0 Å². The van der Waals surface area contributed by atoms with E-state index in [1.54, 1.807) is 0 Å². The van der Waals surface area contributed by atoms with Crippen molar-refractivity contribution in [3.05, 3.63) is 0 Å². The van der Waals surface area contributed by atoms with Gasteiger partial charge in [-0.3, -0.25) is 0 Å². The van der Waals surface area contributed by atoms with E-state index in [-0.39, 0.29) is 12.8 Å². The van der Waals surface area contributed by atoms with Gasteiger partial charge in [-0.15, -0.1) is 0 Å². The molecule has 136 valence electrons. The molecule has 0 aromatic heterocycles. The van der Waals surface area contributed by atoms with Gasteiger partial charge in [-0.2, -0.15) is 0 Å². The monoisotopic (exact) mass is 338 g/mol. The van der Waals surface area contributed by atoms with Gasteiger partial charge in [0.15, 0.2) is 0 Å². The predicted octanol–water partition coefficient (Wildman–Crippen LogP) is -4.07. The molecule has 10 atom stereocenters. The van der Waals surface area contributed by atoms with Crippen LogP contribution in [0.15, 0.2) is 0 Å². The number of hydrogen-bond donors (Lipinski definition) is 8. The van der Waals surface area contributed by atoms with Crippen LogP contribution < -0.4 is 0 Å². The highest BCUT2D eigenvalue weighted by molar-refractivity contribution is 4.97. The third kappa shape index (κ3) is 3.68. The Kier molecular flexibility index (Phi) is 6.34. The Morgan fingerprint density at radius 3 is 1.22 bits per heavy atom. The Bertz CT molecular complexity index is 343. The summed E-state index contributed by atoms with van der Waals surface area (Å²) < 4.78 is 5.59. The Morgan fingerprint density at radius 1 is 0.565 bits per heavy atom. The van der Waals surface area contributed by atoms with Gasteiger partial charge in [-0.25, -0.2) is 0 Å². The lowest BCUT2D eigenvalue weighted by molar-refractivity contribution is -0.231. The Morgan fingerprint density at radius 2 is 0.913 bits per heavy atom. The maximum Gasteiger partial charge on any atom is 0.109 e. The molecule has 9 heteroatoms. The maximum absolute atomic E-state index is 10.0. The molecule has 2 aliphatic carbocycles. The van der Waals surface area contributed by atoms with Gasteiger partial charge >= 0.3 is 0 Å². The molecule has 0 saturated heterocycles. The molecule has 0 aromatic carbocycles. The molecular formula is C14H26O9. The van der Waals surface area contributed by atoms with Gasteiger partial charge < -0.3 is 45.6 Å². The normalized spacial score (nSPS) is 51.7. The average Bonchev–Trinajstić information content (AvgIpc) is 2.55.